The fourth-order valence-corrected chi connectivity index (χ4v) is 2.16. The van der Waals surface area contributed by atoms with Crippen LogP contribution in [0.25, 0.3) is 0 Å². The van der Waals surface area contributed by atoms with Gasteiger partial charge in [0.15, 0.2) is 8.32 Å². The zero-order valence-corrected chi connectivity index (χ0v) is 14.3. The van der Waals surface area contributed by atoms with E-state index in [9.17, 15) is 4.55 Å². The van der Waals surface area contributed by atoms with Crippen LogP contribution in [0.4, 0.5) is 0 Å². The fraction of sp³-hybridized carbons (Fsp3) is 0.917. The van der Waals surface area contributed by atoms with Gasteiger partial charge < -0.3 is 8.98 Å². The topological polar surface area (TPSA) is 44.7 Å². The van der Waals surface area contributed by atoms with Crippen LogP contribution in [0.15, 0.2) is 4.40 Å². The predicted octanol–water partition coefficient (Wildman–Crippen LogP) is 3.54. The maximum Gasteiger partial charge on any atom is 0.192 e. The van der Waals surface area contributed by atoms with Crippen LogP contribution in [0, 0.1) is 0 Å². The largest absolute Gasteiger partial charge is 0.591 e. The molecule has 0 bridgehead atoms. The molecule has 3 nitrogen and oxygen atoms in total. The smallest absolute Gasteiger partial charge is 0.192 e. The van der Waals surface area contributed by atoms with Gasteiger partial charge in [-0.05, 0) is 38.9 Å². The van der Waals surface area contributed by atoms with Gasteiger partial charge in [0.05, 0.1) is 12.8 Å². The van der Waals surface area contributed by atoms with Crippen LogP contribution in [-0.2, 0) is 15.8 Å². The maximum atomic E-state index is 11.7. The van der Waals surface area contributed by atoms with Crippen molar-refractivity contribution in [3.63, 3.8) is 0 Å². The normalized spacial score (nSPS) is 16.5. The highest BCUT2D eigenvalue weighted by molar-refractivity contribution is 7.91. The maximum absolute atomic E-state index is 11.7. The van der Waals surface area contributed by atoms with Gasteiger partial charge in [0.1, 0.15) is 16.1 Å². The number of hydrogen-bond donors (Lipinski definition) is 0. The Morgan fingerprint density at radius 3 is 2.00 bits per heavy atom. The van der Waals surface area contributed by atoms with Gasteiger partial charge in [-0.1, -0.05) is 25.2 Å². The molecule has 0 saturated carbocycles. The van der Waals surface area contributed by atoms with Crippen molar-refractivity contribution in [2.75, 3.05) is 6.61 Å². The molecule has 0 aromatic rings. The molecular formula is C12H27NO2SSi. The lowest BCUT2D eigenvalue weighted by Gasteiger charge is -2.35. The number of hydrogen-bond acceptors (Lipinski definition) is 3. The van der Waals surface area contributed by atoms with Crippen molar-refractivity contribution < 1.29 is 8.98 Å². The molecule has 5 heteroatoms. The number of nitrogens with zero attached hydrogens (tertiary/aromatic N) is 1. The zero-order valence-electron chi connectivity index (χ0n) is 12.5. The van der Waals surface area contributed by atoms with Crippen molar-refractivity contribution in [3.8, 4) is 0 Å². The summed E-state index contributed by atoms with van der Waals surface area (Å²) in [5.74, 6) is 0. The van der Waals surface area contributed by atoms with Crippen LogP contribution in [0.1, 0.15) is 41.5 Å². The third kappa shape index (κ3) is 6.04. The van der Waals surface area contributed by atoms with Crippen LogP contribution in [-0.4, -0.2) is 30.4 Å². The molecule has 1 unspecified atom stereocenters. The van der Waals surface area contributed by atoms with Crippen molar-refractivity contribution in [1.29, 1.82) is 0 Å². The summed E-state index contributed by atoms with van der Waals surface area (Å²) in [5, 5.41) is 0.198. The van der Waals surface area contributed by atoms with Gasteiger partial charge in [0.2, 0.25) is 0 Å². The van der Waals surface area contributed by atoms with E-state index in [4.69, 9.17) is 4.43 Å². The molecule has 0 aliphatic rings. The Morgan fingerprint density at radius 2 is 1.65 bits per heavy atom. The Balaban J connectivity index is 4.22. The second-order valence-corrected chi connectivity index (χ2v) is 13.5. The summed E-state index contributed by atoms with van der Waals surface area (Å²) in [6.07, 6.45) is 1.64. The summed E-state index contributed by atoms with van der Waals surface area (Å²) >= 11 is -1.18. The minimum Gasteiger partial charge on any atom is -0.591 e. The van der Waals surface area contributed by atoms with Gasteiger partial charge in [-0.25, -0.2) is 0 Å². The minimum atomic E-state index is -1.71. The Hall–Kier alpha value is 0.157. The van der Waals surface area contributed by atoms with Crippen LogP contribution in [0.2, 0.25) is 18.1 Å². The van der Waals surface area contributed by atoms with E-state index < -0.39 is 19.7 Å². The standard InChI is InChI=1S/C12H27NO2SSi/c1-11(2,3)16(14)13-9-10-15-17(7,8)12(4,5)6/h9H,10H2,1-8H3/b13-9+. The molecule has 0 fully saturated rings. The monoisotopic (exact) mass is 277 g/mol. The van der Waals surface area contributed by atoms with Crippen molar-refractivity contribution in [3.05, 3.63) is 0 Å². The Labute approximate surface area is 110 Å². The molecule has 0 radical (unpaired) electrons. The lowest BCUT2D eigenvalue weighted by Crippen LogP contribution is -2.41. The van der Waals surface area contributed by atoms with Gasteiger partial charge in [0, 0.05) is 0 Å². The van der Waals surface area contributed by atoms with Crippen LogP contribution < -0.4 is 0 Å². The summed E-state index contributed by atoms with van der Waals surface area (Å²) in [7, 11) is -1.71. The molecule has 0 spiro atoms. The molecule has 0 aliphatic carbocycles. The van der Waals surface area contributed by atoms with E-state index >= 15 is 0 Å². The minimum absolute atomic E-state index is 0.198. The molecular weight excluding hydrogens is 250 g/mol. The van der Waals surface area contributed by atoms with E-state index in [2.05, 4.69) is 38.3 Å². The van der Waals surface area contributed by atoms with Gasteiger partial charge in [-0.2, -0.15) is 0 Å². The zero-order chi connectivity index (χ0) is 13.9. The van der Waals surface area contributed by atoms with E-state index in [-0.39, 0.29) is 9.79 Å². The summed E-state index contributed by atoms with van der Waals surface area (Å²) < 4.78 is 21.3. The average molecular weight is 278 g/mol. The van der Waals surface area contributed by atoms with Gasteiger partial charge >= 0.3 is 0 Å². The first-order valence-electron chi connectivity index (χ1n) is 5.96. The lowest BCUT2D eigenvalue weighted by atomic mass is 10.2. The Kier molecular flexibility index (Phi) is 5.92. The SMILES string of the molecule is CC(C)(C)[S+]([O-])/N=C/CO[Si](C)(C)C(C)(C)C. The molecule has 102 valence electrons. The van der Waals surface area contributed by atoms with E-state index in [1.165, 1.54) is 0 Å². The van der Waals surface area contributed by atoms with Crippen molar-refractivity contribution in [2.24, 2.45) is 4.40 Å². The van der Waals surface area contributed by atoms with E-state index in [0.717, 1.165) is 0 Å². The highest BCUT2D eigenvalue weighted by Gasteiger charge is 2.36. The fourth-order valence-electron chi connectivity index (χ4n) is 0.718. The lowest BCUT2D eigenvalue weighted by molar-refractivity contribution is 0.343. The second-order valence-electron chi connectivity index (χ2n) is 6.72. The van der Waals surface area contributed by atoms with Crippen molar-refractivity contribution in [1.82, 2.24) is 0 Å². The average Bonchev–Trinajstić information content (AvgIpc) is 2.08. The molecule has 0 aromatic heterocycles. The van der Waals surface area contributed by atoms with Gasteiger partial charge in [-0.15, -0.1) is 0 Å². The molecule has 0 rings (SSSR count). The van der Waals surface area contributed by atoms with E-state index in [0.29, 0.717) is 6.61 Å². The highest BCUT2D eigenvalue weighted by Crippen LogP contribution is 2.36. The molecule has 0 aliphatic heterocycles. The summed E-state index contributed by atoms with van der Waals surface area (Å²) in [6.45, 7) is 17.2. The quantitative estimate of drug-likeness (QED) is 0.448. The first kappa shape index (κ1) is 17.2. The molecule has 0 saturated heterocycles. The summed E-state index contributed by atoms with van der Waals surface area (Å²) in [4.78, 5) is 0. The molecule has 1 atom stereocenters. The van der Waals surface area contributed by atoms with Crippen molar-refractivity contribution in [2.45, 2.75) is 64.4 Å². The number of rotatable bonds is 4. The van der Waals surface area contributed by atoms with Gasteiger partial charge in [-0.3, -0.25) is 0 Å². The molecule has 0 heterocycles. The third-order valence-corrected chi connectivity index (χ3v) is 8.91. The van der Waals surface area contributed by atoms with Crippen LogP contribution in [0.3, 0.4) is 0 Å². The third-order valence-electron chi connectivity index (χ3n) is 3.02. The van der Waals surface area contributed by atoms with Crippen LogP contribution >= 0.6 is 0 Å². The molecule has 17 heavy (non-hydrogen) atoms. The van der Waals surface area contributed by atoms with Crippen molar-refractivity contribution >= 4 is 25.9 Å². The first-order chi connectivity index (χ1) is 7.38. The van der Waals surface area contributed by atoms with Crippen LogP contribution in [0.5, 0.6) is 0 Å². The molecule has 0 N–H and O–H groups in total. The van der Waals surface area contributed by atoms with Gasteiger partial charge in [0.25, 0.3) is 0 Å². The first-order valence-corrected chi connectivity index (χ1v) is 9.98. The van der Waals surface area contributed by atoms with E-state index in [1.807, 2.05) is 20.8 Å². The molecule has 0 amide bonds. The predicted molar refractivity (Wildman–Crippen MR) is 79.5 cm³/mol. The Bertz CT molecular complexity index is 267. The molecule has 0 aromatic carbocycles. The summed E-state index contributed by atoms with van der Waals surface area (Å²) in [6, 6.07) is 0. The summed E-state index contributed by atoms with van der Waals surface area (Å²) in [5.41, 5.74) is 0. The highest BCUT2D eigenvalue weighted by atomic mass is 32.2. The Morgan fingerprint density at radius 1 is 1.18 bits per heavy atom. The van der Waals surface area contributed by atoms with E-state index in [1.54, 1.807) is 6.21 Å². The second kappa shape index (κ2) is 5.86.